The Bertz CT molecular complexity index is 458. The van der Waals surface area contributed by atoms with Gasteiger partial charge in [-0.25, -0.2) is 0 Å². The molecule has 2 rings (SSSR count). The summed E-state index contributed by atoms with van der Waals surface area (Å²) in [5.74, 6) is 0.596. The van der Waals surface area contributed by atoms with Crippen molar-refractivity contribution in [3.8, 4) is 0 Å². The minimum atomic E-state index is 0.596. The van der Waals surface area contributed by atoms with E-state index in [1.165, 1.54) is 16.7 Å². The molecule has 0 aromatic heterocycles. The largest absolute Gasteiger partial charge is 0.384 e. The first-order valence-corrected chi connectivity index (χ1v) is 5.50. The lowest BCUT2D eigenvalue weighted by Crippen LogP contribution is -2.15. The molecular formula is C13H17N3. The summed E-state index contributed by atoms with van der Waals surface area (Å²) in [6, 6.07) is 6.41. The highest BCUT2D eigenvalue weighted by atomic mass is 15.0. The predicted molar refractivity (Wildman–Crippen MR) is 68.4 cm³/mol. The second-order valence-corrected chi connectivity index (χ2v) is 4.09. The topological polar surface area (TPSA) is 50.4 Å². The van der Waals surface area contributed by atoms with Crippen LogP contribution in [0, 0.1) is 13.8 Å². The van der Waals surface area contributed by atoms with Gasteiger partial charge < -0.3 is 11.1 Å². The van der Waals surface area contributed by atoms with E-state index in [1.54, 1.807) is 0 Å². The zero-order valence-electron chi connectivity index (χ0n) is 9.75. The Balaban J connectivity index is 2.36. The molecule has 1 aliphatic heterocycles. The lowest BCUT2D eigenvalue weighted by Gasteiger charge is -2.10. The third-order valence-corrected chi connectivity index (χ3v) is 2.83. The molecule has 3 nitrogen and oxygen atoms in total. The minimum Gasteiger partial charge on any atom is -0.384 e. The first kappa shape index (κ1) is 10.7. The third-order valence-electron chi connectivity index (χ3n) is 2.83. The number of benzene rings is 1. The van der Waals surface area contributed by atoms with Gasteiger partial charge in [-0.2, -0.15) is 0 Å². The average Bonchev–Trinajstić information content (AvgIpc) is 2.47. The van der Waals surface area contributed by atoms with E-state index in [9.17, 15) is 0 Å². The fourth-order valence-electron chi connectivity index (χ4n) is 1.71. The maximum atomic E-state index is 5.76. The van der Waals surface area contributed by atoms with E-state index < -0.39 is 0 Å². The van der Waals surface area contributed by atoms with Crippen molar-refractivity contribution in [1.82, 2.24) is 5.32 Å². The van der Waals surface area contributed by atoms with Crippen molar-refractivity contribution >= 4 is 11.5 Å². The summed E-state index contributed by atoms with van der Waals surface area (Å²) >= 11 is 0. The van der Waals surface area contributed by atoms with Crippen LogP contribution in [0.25, 0.3) is 5.70 Å². The summed E-state index contributed by atoms with van der Waals surface area (Å²) in [7, 11) is 0. The summed E-state index contributed by atoms with van der Waals surface area (Å²) in [5, 5.41) is 3.34. The molecule has 0 amide bonds. The van der Waals surface area contributed by atoms with Crippen LogP contribution in [-0.2, 0) is 0 Å². The molecule has 0 unspecified atom stereocenters. The van der Waals surface area contributed by atoms with Gasteiger partial charge in [0.05, 0.1) is 6.54 Å². The van der Waals surface area contributed by atoms with E-state index in [4.69, 9.17) is 5.73 Å². The maximum Gasteiger partial charge on any atom is 0.120 e. The van der Waals surface area contributed by atoms with Crippen molar-refractivity contribution in [1.29, 1.82) is 0 Å². The fourth-order valence-corrected chi connectivity index (χ4v) is 1.71. The van der Waals surface area contributed by atoms with Crippen molar-refractivity contribution in [2.75, 3.05) is 13.1 Å². The monoisotopic (exact) mass is 215 g/mol. The molecule has 3 heteroatoms. The van der Waals surface area contributed by atoms with Gasteiger partial charge in [0.15, 0.2) is 0 Å². The molecule has 3 N–H and O–H groups in total. The number of amidine groups is 1. The molecule has 0 saturated heterocycles. The SMILES string of the molecule is Cc1ccc(C2=CC(N)=NCCN2)cc1C. The van der Waals surface area contributed by atoms with Crippen LogP contribution in [0.4, 0.5) is 0 Å². The van der Waals surface area contributed by atoms with Gasteiger partial charge in [0.1, 0.15) is 5.84 Å². The second-order valence-electron chi connectivity index (χ2n) is 4.09. The van der Waals surface area contributed by atoms with Crippen LogP contribution < -0.4 is 11.1 Å². The van der Waals surface area contributed by atoms with Crippen LogP contribution in [0.3, 0.4) is 0 Å². The number of aliphatic imine (C=N–C) groups is 1. The summed E-state index contributed by atoms with van der Waals surface area (Å²) in [5.41, 5.74) is 10.6. The Labute approximate surface area is 96.1 Å². The smallest absolute Gasteiger partial charge is 0.120 e. The molecule has 0 aliphatic carbocycles. The predicted octanol–water partition coefficient (Wildman–Crippen LogP) is 1.60. The van der Waals surface area contributed by atoms with Crippen molar-refractivity contribution in [2.24, 2.45) is 10.7 Å². The highest BCUT2D eigenvalue weighted by molar-refractivity contribution is 5.98. The minimum absolute atomic E-state index is 0.596. The van der Waals surface area contributed by atoms with Crippen LogP contribution in [0.2, 0.25) is 0 Å². The summed E-state index contributed by atoms with van der Waals surface area (Å²) < 4.78 is 0. The van der Waals surface area contributed by atoms with Crippen molar-refractivity contribution in [2.45, 2.75) is 13.8 Å². The Morgan fingerprint density at radius 2 is 2.06 bits per heavy atom. The molecular weight excluding hydrogens is 198 g/mol. The van der Waals surface area contributed by atoms with Gasteiger partial charge in [-0.3, -0.25) is 4.99 Å². The van der Waals surface area contributed by atoms with E-state index in [2.05, 4.69) is 42.4 Å². The maximum absolute atomic E-state index is 5.76. The van der Waals surface area contributed by atoms with Gasteiger partial charge in [-0.05, 0) is 36.6 Å². The van der Waals surface area contributed by atoms with Gasteiger partial charge in [0, 0.05) is 18.3 Å². The zero-order chi connectivity index (χ0) is 11.5. The van der Waals surface area contributed by atoms with Crippen molar-refractivity contribution < 1.29 is 0 Å². The summed E-state index contributed by atoms with van der Waals surface area (Å²) in [6.45, 7) is 5.80. The first-order chi connectivity index (χ1) is 7.66. The van der Waals surface area contributed by atoms with Crippen LogP contribution >= 0.6 is 0 Å². The molecule has 1 heterocycles. The number of hydrogen-bond donors (Lipinski definition) is 2. The highest BCUT2D eigenvalue weighted by Gasteiger charge is 2.06. The highest BCUT2D eigenvalue weighted by Crippen LogP contribution is 2.16. The number of rotatable bonds is 1. The lowest BCUT2D eigenvalue weighted by molar-refractivity contribution is 0.866. The van der Waals surface area contributed by atoms with Crippen LogP contribution in [0.15, 0.2) is 29.3 Å². The Hall–Kier alpha value is -1.77. The standard InChI is InChI=1S/C13H17N3/c1-9-3-4-11(7-10(9)2)12-8-13(14)16-6-5-15-12/h3-4,7-8,15H,5-6H2,1-2H3,(H2,14,16). The molecule has 0 radical (unpaired) electrons. The van der Waals surface area contributed by atoms with Crippen LogP contribution in [-0.4, -0.2) is 18.9 Å². The Kier molecular flexibility index (Phi) is 2.95. The Morgan fingerprint density at radius 3 is 2.81 bits per heavy atom. The molecule has 0 bridgehead atoms. The molecule has 84 valence electrons. The molecule has 0 spiro atoms. The molecule has 1 aliphatic rings. The Morgan fingerprint density at radius 1 is 1.25 bits per heavy atom. The molecule has 0 fully saturated rings. The summed E-state index contributed by atoms with van der Waals surface area (Å²) in [4.78, 5) is 4.19. The van der Waals surface area contributed by atoms with E-state index in [1.807, 2.05) is 6.08 Å². The summed E-state index contributed by atoms with van der Waals surface area (Å²) in [6.07, 6.45) is 1.90. The first-order valence-electron chi connectivity index (χ1n) is 5.50. The average molecular weight is 215 g/mol. The third kappa shape index (κ3) is 2.24. The zero-order valence-corrected chi connectivity index (χ0v) is 9.75. The molecule has 0 atom stereocenters. The number of nitrogens with two attached hydrogens (primary N) is 1. The molecule has 1 aromatic rings. The second kappa shape index (κ2) is 4.39. The number of hydrogen-bond acceptors (Lipinski definition) is 3. The van der Waals surface area contributed by atoms with Gasteiger partial charge in [-0.15, -0.1) is 0 Å². The van der Waals surface area contributed by atoms with Crippen LogP contribution in [0.1, 0.15) is 16.7 Å². The van der Waals surface area contributed by atoms with E-state index >= 15 is 0 Å². The van der Waals surface area contributed by atoms with Gasteiger partial charge in [0.2, 0.25) is 0 Å². The van der Waals surface area contributed by atoms with E-state index in [0.29, 0.717) is 5.84 Å². The quantitative estimate of drug-likeness (QED) is 0.747. The lowest BCUT2D eigenvalue weighted by atomic mass is 10.0. The van der Waals surface area contributed by atoms with Gasteiger partial charge in [-0.1, -0.05) is 12.1 Å². The van der Waals surface area contributed by atoms with E-state index in [-0.39, 0.29) is 0 Å². The fraction of sp³-hybridized carbons (Fsp3) is 0.308. The van der Waals surface area contributed by atoms with Crippen LogP contribution in [0.5, 0.6) is 0 Å². The van der Waals surface area contributed by atoms with Gasteiger partial charge >= 0.3 is 0 Å². The molecule has 0 saturated carbocycles. The van der Waals surface area contributed by atoms with Gasteiger partial charge in [0.25, 0.3) is 0 Å². The number of aryl methyl sites for hydroxylation is 2. The number of nitrogens with zero attached hydrogens (tertiary/aromatic N) is 1. The molecule has 16 heavy (non-hydrogen) atoms. The van der Waals surface area contributed by atoms with Crippen molar-refractivity contribution in [3.05, 3.63) is 41.0 Å². The molecule has 1 aromatic carbocycles. The normalized spacial score (nSPS) is 15.9. The van der Waals surface area contributed by atoms with Crippen molar-refractivity contribution in [3.63, 3.8) is 0 Å². The van der Waals surface area contributed by atoms with E-state index in [0.717, 1.165) is 18.8 Å². The number of nitrogens with one attached hydrogen (secondary N) is 1.